The van der Waals surface area contributed by atoms with Crippen molar-refractivity contribution < 1.29 is 0 Å². The summed E-state index contributed by atoms with van der Waals surface area (Å²) in [7, 11) is 2.06. The lowest BCUT2D eigenvalue weighted by molar-refractivity contribution is 0.667. The number of nitrogens with one attached hydrogen (secondary N) is 1. The Morgan fingerprint density at radius 2 is 2.06 bits per heavy atom. The van der Waals surface area contributed by atoms with Crippen LogP contribution in [0.25, 0.3) is 0 Å². The molecule has 1 fully saturated rings. The second-order valence-electron chi connectivity index (χ2n) is 4.79. The van der Waals surface area contributed by atoms with Gasteiger partial charge in [-0.05, 0) is 19.9 Å². The van der Waals surface area contributed by atoms with Crippen molar-refractivity contribution in [1.29, 1.82) is 0 Å². The SMILES string of the molecule is CCCNCc1c(C)nn(C)c1N1CCSCC1. The van der Waals surface area contributed by atoms with Crippen molar-refractivity contribution in [3.63, 3.8) is 0 Å². The highest BCUT2D eigenvalue weighted by molar-refractivity contribution is 7.99. The van der Waals surface area contributed by atoms with Crippen LogP contribution in [-0.4, -0.2) is 40.9 Å². The summed E-state index contributed by atoms with van der Waals surface area (Å²) in [4.78, 5) is 2.49. The summed E-state index contributed by atoms with van der Waals surface area (Å²) in [6.07, 6.45) is 1.18. The number of thioether (sulfide) groups is 1. The predicted molar refractivity (Wildman–Crippen MR) is 79.5 cm³/mol. The number of rotatable bonds is 5. The Morgan fingerprint density at radius 1 is 1.33 bits per heavy atom. The van der Waals surface area contributed by atoms with Gasteiger partial charge >= 0.3 is 0 Å². The van der Waals surface area contributed by atoms with Gasteiger partial charge in [0.15, 0.2) is 0 Å². The summed E-state index contributed by atoms with van der Waals surface area (Å²) in [6.45, 7) is 8.61. The van der Waals surface area contributed by atoms with Crippen molar-refractivity contribution in [2.45, 2.75) is 26.8 Å². The molecule has 1 aliphatic rings. The molecule has 4 nitrogen and oxygen atoms in total. The molecule has 0 unspecified atom stereocenters. The molecule has 5 heteroatoms. The Hall–Kier alpha value is -0.680. The van der Waals surface area contributed by atoms with Crippen LogP contribution in [0.15, 0.2) is 0 Å². The highest BCUT2D eigenvalue weighted by Gasteiger charge is 2.20. The van der Waals surface area contributed by atoms with E-state index in [9.17, 15) is 0 Å². The van der Waals surface area contributed by atoms with E-state index in [1.165, 1.54) is 29.3 Å². The minimum atomic E-state index is 0.937. The van der Waals surface area contributed by atoms with Crippen molar-refractivity contribution in [3.05, 3.63) is 11.3 Å². The van der Waals surface area contributed by atoms with Gasteiger partial charge in [0.25, 0.3) is 0 Å². The molecule has 2 rings (SSSR count). The molecular formula is C13H24N4S. The van der Waals surface area contributed by atoms with E-state index in [0.717, 1.165) is 31.9 Å². The van der Waals surface area contributed by atoms with Gasteiger partial charge < -0.3 is 10.2 Å². The van der Waals surface area contributed by atoms with Gasteiger partial charge in [-0.2, -0.15) is 16.9 Å². The summed E-state index contributed by atoms with van der Waals surface area (Å²) in [5.74, 6) is 3.77. The van der Waals surface area contributed by atoms with Gasteiger partial charge in [-0.3, -0.25) is 4.68 Å². The van der Waals surface area contributed by atoms with Crippen LogP contribution in [0.1, 0.15) is 24.6 Å². The molecule has 0 bridgehead atoms. The van der Waals surface area contributed by atoms with Gasteiger partial charge in [0.2, 0.25) is 0 Å². The topological polar surface area (TPSA) is 33.1 Å². The molecule has 0 radical (unpaired) electrons. The van der Waals surface area contributed by atoms with Crippen LogP contribution in [0.5, 0.6) is 0 Å². The lowest BCUT2D eigenvalue weighted by Gasteiger charge is -2.29. The Bertz CT molecular complexity index is 383. The van der Waals surface area contributed by atoms with Crippen LogP contribution in [0, 0.1) is 6.92 Å². The van der Waals surface area contributed by atoms with Gasteiger partial charge in [-0.15, -0.1) is 0 Å². The number of nitrogens with zero attached hydrogens (tertiary/aromatic N) is 3. The van der Waals surface area contributed by atoms with E-state index in [-0.39, 0.29) is 0 Å². The molecule has 1 saturated heterocycles. The molecule has 0 aliphatic carbocycles. The Balaban J connectivity index is 2.15. The number of aryl methyl sites for hydroxylation is 2. The molecule has 0 aromatic carbocycles. The maximum atomic E-state index is 4.59. The molecule has 0 atom stereocenters. The average molecular weight is 268 g/mol. The molecule has 18 heavy (non-hydrogen) atoms. The van der Waals surface area contributed by atoms with Gasteiger partial charge in [0.1, 0.15) is 5.82 Å². The van der Waals surface area contributed by atoms with E-state index in [1.807, 2.05) is 16.4 Å². The lowest BCUT2D eigenvalue weighted by Crippen LogP contribution is -2.35. The maximum Gasteiger partial charge on any atom is 0.131 e. The van der Waals surface area contributed by atoms with Crippen molar-refractivity contribution in [2.24, 2.45) is 7.05 Å². The number of hydrogen-bond donors (Lipinski definition) is 1. The highest BCUT2D eigenvalue weighted by atomic mass is 32.2. The monoisotopic (exact) mass is 268 g/mol. The third kappa shape index (κ3) is 3.01. The summed E-state index contributed by atoms with van der Waals surface area (Å²) < 4.78 is 2.05. The minimum absolute atomic E-state index is 0.937. The van der Waals surface area contributed by atoms with Gasteiger partial charge in [-0.1, -0.05) is 6.92 Å². The van der Waals surface area contributed by atoms with Crippen LogP contribution >= 0.6 is 11.8 Å². The molecular weight excluding hydrogens is 244 g/mol. The zero-order chi connectivity index (χ0) is 13.0. The van der Waals surface area contributed by atoms with E-state index in [0.29, 0.717) is 0 Å². The van der Waals surface area contributed by atoms with Crippen LogP contribution in [0.3, 0.4) is 0 Å². The number of aromatic nitrogens is 2. The van der Waals surface area contributed by atoms with E-state index >= 15 is 0 Å². The van der Waals surface area contributed by atoms with Crippen molar-refractivity contribution in [2.75, 3.05) is 36.0 Å². The molecule has 0 spiro atoms. The van der Waals surface area contributed by atoms with Crippen LogP contribution in [-0.2, 0) is 13.6 Å². The zero-order valence-corrected chi connectivity index (χ0v) is 12.5. The summed E-state index contributed by atoms with van der Waals surface area (Å²) in [5.41, 5.74) is 2.53. The summed E-state index contributed by atoms with van der Waals surface area (Å²) >= 11 is 2.05. The number of anilines is 1. The first-order valence-corrected chi connectivity index (χ1v) is 7.95. The molecule has 1 aromatic heterocycles. The summed E-state index contributed by atoms with van der Waals surface area (Å²) in [6, 6.07) is 0. The molecule has 0 saturated carbocycles. The molecule has 1 aromatic rings. The normalized spacial score (nSPS) is 16.3. The third-order valence-electron chi connectivity index (χ3n) is 3.35. The minimum Gasteiger partial charge on any atom is -0.355 e. The third-order valence-corrected chi connectivity index (χ3v) is 4.29. The fourth-order valence-electron chi connectivity index (χ4n) is 2.46. The van der Waals surface area contributed by atoms with E-state index in [1.54, 1.807) is 0 Å². The fraction of sp³-hybridized carbons (Fsp3) is 0.769. The predicted octanol–water partition coefficient (Wildman–Crippen LogP) is 1.78. The smallest absolute Gasteiger partial charge is 0.131 e. The van der Waals surface area contributed by atoms with Crippen molar-refractivity contribution in [3.8, 4) is 0 Å². The van der Waals surface area contributed by atoms with Gasteiger partial charge in [0.05, 0.1) is 5.69 Å². The lowest BCUT2D eigenvalue weighted by atomic mass is 10.2. The zero-order valence-electron chi connectivity index (χ0n) is 11.7. The molecule has 1 N–H and O–H groups in total. The van der Waals surface area contributed by atoms with Crippen LogP contribution < -0.4 is 10.2 Å². The van der Waals surface area contributed by atoms with Crippen molar-refractivity contribution >= 4 is 17.6 Å². The maximum absolute atomic E-state index is 4.59. The first-order chi connectivity index (χ1) is 8.74. The van der Waals surface area contributed by atoms with Crippen LogP contribution in [0.4, 0.5) is 5.82 Å². The summed E-state index contributed by atoms with van der Waals surface area (Å²) in [5, 5.41) is 8.09. The van der Waals surface area contributed by atoms with E-state index in [2.05, 4.69) is 36.2 Å². The fourth-order valence-corrected chi connectivity index (χ4v) is 3.36. The van der Waals surface area contributed by atoms with E-state index in [4.69, 9.17) is 0 Å². The number of hydrogen-bond acceptors (Lipinski definition) is 4. The Morgan fingerprint density at radius 3 is 2.72 bits per heavy atom. The first kappa shape index (κ1) is 13.7. The molecule has 102 valence electrons. The van der Waals surface area contributed by atoms with Crippen LogP contribution in [0.2, 0.25) is 0 Å². The quantitative estimate of drug-likeness (QED) is 0.825. The largest absolute Gasteiger partial charge is 0.355 e. The van der Waals surface area contributed by atoms with Gasteiger partial charge in [0, 0.05) is 43.8 Å². The standard InChI is InChI=1S/C13H24N4S/c1-4-5-14-10-12-11(2)15-16(3)13(12)17-6-8-18-9-7-17/h14H,4-10H2,1-3H3. The molecule has 2 heterocycles. The first-order valence-electron chi connectivity index (χ1n) is 6.80. The molecule has 0 amide bonds. The highest BCUT2D eigenvalue weighted by Crippen LogP contribution is 2.25. The van der Waals surface area contributed by atoms with E-state index < -0.39 is 0 Å². The second-order valence-corrected chi connectivity index (χ2v) is 6.01. The molecule has 1 aliphatic heterocycles. The average Bonchev–Trinajstić information content (AvgIpc) is 2.66. The Labute approximate surface area is 114 Å². The second kappa shape index (κ2) is 6.48. The Kier molecular flexibility index (Phi) is 4.95. The van der Waals surface area contributed by atoms with Gasteiger partial charge in [-0.25, -0.2) is 0 Å². The van der Waals surface area contributed by atoms with Crippen molar-refractivity contribution in [1.82, 2.24) is 15.1 Å².